The molecule has 0 aliphatic heterocycles. The number of aromatic nitrogens is 3. The summed E-state index contributed by atoms with van der Waals surface area (Å²) in [5.41, 5.74) is 7.33. The van der Waals surface area contributed by atoms with Crippen molar-refractivity contribution in [3.05, 3.63) is 47.2 Å². The van der Waals surface area contributed by atoms with Gasteiger partial charge in [0.1, 0.15) is 5.82 Å². The van der Waals surface area contributed by atoms with Crippen LogP contribution in [0.25, 0.3) is 10.9 Å². The van der Waals surface area contributed by atoms with Crippen LogP contribution in [0.15, 0.2) is 47.2 Å². The number of nitrogens with two attached hydrogens (primary N) is 1. The Kier molecular flexibility index (Phi) is 3.00. The largest absolute Gasteiger partial charge is 0.384 e. The molecule has 94 valence electrons. The molecular formula is C13H10BrN5. The predicted octanol–water partition coefficient (Wildman–Crippen LogP) is 3.11. The zero-order valence-electron chi connectivity index (χ0n) is 9.84. The Bertz CT molecular complexity index is 744. The van der Waals surface area contributed by atoms with Crippen LogP contribution in [-0.4, -0.2) is 15.0 Å². The molecule has 3 aromatic rings. The number of nitrogens with zero attached hydrogens (tertiary/aromatic N) is 3. The number of benzene rings is 1. The van der Waals surface area contributed by atoms with Crippen LogP contribution in [0.1, 0.15) is 0 Å². The molecule has 2 heterocycles. The van der Waals surface area contributed by atoms with Gasteiger partial charge in [0.2, 0.25) is 5.95 Å². The van der Waals surface area contributed by atoms with Crippen LogP contribution in [-0.2, 0) is 0 Å². The Morgan fingerprint density at radius 1 is 1.16 bits per heavy atom. The van der Waals surface area contributed by atoms with E-state index in [1.807, 2.05) is 24.3 Å². The van der Waals surface area contributed by atoms with E-state index in [4.69, 9.17) is 5.73 Å². The Hall–Kier alpha value is -2.21. The van der Waals surface area contributed by atoms with Crippen molar-refractivity contribution in [2.45, 2.75) is 0 Å². The fourth-order valence-electron chi connectivity index (χ4n) is 1.79. The van der Waals surface area contributed by atoms with E-state index in [1.165, 1.54) is 0 Å². The van der Waals surface area contributed by atoms with Crippen molar-refractivity contribution in [3.8, 4) is 0 Å². The minimum absolute atomic E-state index is 0.424. The molecule has 5 nitrogen and oxygen atoms in total. The average Bonchev–Trinajstić information content (AvgIpc) is 2.38. The molecular weight excluding hydrogens is 306 g/mol. The standard InChI is InChI=1S/C13H10BrN5/c14-9-6-8-2-1-3-10(12(8)17-7-9)18-13-16-5-4-11(15)19-13/h1-7H,(H3,15,16,18,19). The van der Waals surface area contributed by atoms with Gasteiger partial charge in [0.25, 0.3) is 0 Å². The second-order valence-corrected chi connectivity index (χ2v) is 4.88. The summed E-state index contributed by atoms with van der Waals surface area (Å²) < 4.78 is 0.942. The van der Waals surface area contributed by atoms with Gasteiger partial charge in [-0.15, -0.1) is 0 Å². The summed E-state index contributed by atoms with van der Waals surface area (Å²) in [7, 11) is 0. The number of fused-ring (bicyclic) bond motifs is 1. The predicted molar refractivity (Wildman–Crippen MR) is 79.2 cm³/mol. The van der Waals surface area contributed by atoms with Crippen LogP contribution in [0.4, 0.5) is 17.5 Å². The molecule has 0 spiro atoms. The zero-order chi connectivity index (χ0) is 13.2. The first-order valence-corrected chi connectivity index (χ1v) is 6.41. The van der Waals surface area contributed by atoms with Gasteiger partial charge in [0.15, 0.2) is 0 Å². The molecule has 0 fully saturated rings. The molecule has 0 aliphatic carbocycles. The van der Waals surface area contributed by atoms with E-state index < -0.39 is 0 Å². The highest BCUT2D eigenvalue weighted by Crippen LogP contribution is 2.25. The van der Waals surface area contributed by atoms with E-state index in [-0.39, 0.29) is 0 Å². The minimum atomic E-state index is 0.424. The lowest BCUT2D eigenvalue weighted by Crippen LogP contribution is -2.00. The molecule has 0 amide bonds. The SMILES string of the molecule is Nc1ccnc(Nc2cccc3cc(Br)cnc23)n1. The van der Waals surface area contributed by atoms with E-state index in [0.29, 0.717) is 11.8 Å². The number of pyridine rings is 1. The van der Waals surface area contributed by atoms with Crippen LogP contribution in [0, 0.1) is 0 Å². The molecule has 3 N–H and O–H groups in total. The first-order chi connectivity index (χ1) is 9.22. The summed E-state index contributed by atoms with van der Waals surface area (Å²) in [6.07, 6.45) is 3.37. The quantitative estimate of drug-likeness (QED) is 0.759. The lowest BCUT2D eigenvalue weighted by Gasteiger charge is -2.08. The third kappa shape index (κ3) is 2.48. The summed E-state index contributed by atoms with van der Waals surface area (Å²) in [5, 5.41) is 4.16. The first-order valence-electron chi connectivity index (χ1n) is 5.62. The average molecular weight is 316 g/mol. The highest BCUT2D eigenvalue weighted by Gasteiger charge is 2.04. The van der Waals surface area contributed by atoms with E-state index >= 15 is 0 Å². The summed E-state index contributed by atoms with van der Waals surface area (Å²) in [6.45, 7) is 0. The highest BCUT2D eigenvalue weighted by atomic mass is 79.9. The number of rotatable bonds is 2. The maximum absolute atomic E-state index is 5.63. The van der Waals surface area contributed by atoms with Gasteiger partial charge in [-0.2, -0.15) is 4.98 Å². The molecule has 3 rings (SSSR count). The van der Waals surface area contributed by atoms with Crippen LogP contribution in [0.5, 0.6) is 0 Å². The summed E-state index contributed by atoms with van der Waals surface area (Å²) >= 11 is 3.41. The Morgan fingerprint density at radius 2 is 2.05 bits per heavy atom. The molecule has 0 aliphatic rings. The van der Waals surface area contributed by atoms with Crippen molar-refractivity contribution in [3.63, 3.8) is 0 Å². The zero-order valence-corrected chi connectivity index (χ0v) is 11.4. The highest BCUT2D eigenvalue weighted by molar-refractivity contribution is 9.10. The monoisotopic (exact) mass is 315 g/mol. The fourth-order valence-corrected chi connectivity index (χ4v) is 2.14. The van der Waals surface area contributed by atoms with Gasteiger partial charge in [-0.25, -0.2) is 4.98 Å². The smallest absolute Gasteiger partial charge is 0.229 e. The number of nitrogen functional groups attached to an aromatic ring is 1. The van der Waals surface area contributed by atoms with Gasteiger partial charge >= 0.3 is 0 Å². The summed E-state index contributed by atoms with van der Waals surface area (Å²) in [5.74, 6) is 0.880. The van der Waals surface area contributed by atoms with Gasteiger partial charge in [-0.3, -0.25) is 4.98 Å². The lowest BCUT2D eigenvalue weighted by atomic mass is 10.2. The number of halogens is 1. The summed E-state index contributed by atoms with van der Waals surface area (Å²) in [6, 6.07) is 9.52. The molecule has 0 unspecified atom stereocenters. The third-order valence-electron chi connectivity index (χ3n) is 2.60. The third-order valence-corrected chi connectivity index (χ3v) is 3.03. The number of para-hydroxylation sites is 1. The first kappa shape index (κ1) is 11.9. The lowest BCUT2D eigenvalue weighted by molar-refractivity contribution is 1.17. The summed E-state index contributed by atoms with van der Waals surface area (Å²) in [4.78, 5) is 12.6. The second-order valence-electron chi connectivity index (χ2n) is 3.96. The van der Waals surface area contributed by atoms with Gasteiger partial charge in [0, 0.05) is 22.3 Å². The minimum Gasteiger partial charge on any atom is -0.384 e. The molecule has 0 saturated carbocycles. The van der Waals surface area contributed by atoms with Crippen molar-refractivity contribution < 1.29 is 0 Å². The van der Waals surface area contributed by atoms with Crippen LogP contribution >= 0.6 is 15.9 Å². The molecule has 0 atom stereocenters. The number of hydrogen-bond acceptors (Lipinski definition) is 5. The Morgan fingerprint density at radius 3 is 2.89 bits per heavy atom. The van der Waals surface area contributed by atoms with Crippen LogP contribution in [0.2, 0.25) is 0 Å². The molecule has 6 heteroatoms. The maximum atomic E-state index is 5.63. The van der Waals surface area contributed by atoms with E-state index in [1.54, 1.807) is 18.5 Å². The molecule has 1 aromatic carbocycles. The number of anilines is 3. The molecule has 19 heavy (non-hydrogen) atoms. The molecule has 2 aromatic heterocycles. The molecule has 0 radical (unpaired) electrons. The molecule has 0 bridgehead atoms. The van der Waals surface area contributed by atoms with Crippen molar-refractivity contribution in [1.82, 2.24) is 15.0 Å². The van der Waals surface area contributed by atoms with Crippen LogP contribution in [0.3, 0.4) is 0 Å². The normalized spacial score (nSPS) is 10.6. The van der Waals surface area contributed by atoms with Crippen molar-refractivity contribution in [1.29, 1.82) is 0 Å². The van der Waals surface area contributed by atoms with Crippen molar-refractivity contribution >= 4 is 44.3 Å². The number of hydrogen-bond donors (Lipinski definition) is 2. The van der Waals surface area contributed by atoms with E-state index in [2.05, 4.69) is 36.2 Å². The van der Waals surface area contributed by atoms with E-state index in [9.17, 15) is 0 Å². The van der Waals surface area contributed by atoms with Gasteiger partial charge < -0.3 is 11.1 Å². The second kappa shape index (κ2) is 4.81. The number of nitrogens with one attached hydrogen (secondary N) is 1. The molecule has 0 saturated heterocycles. The van der Waals surface area contributed by atoms with Gasteiger partial charge in [-0.05, 0) is 34.1 Å². The Balaban J connectivity index is 2.06. The van der Waals surface area contributed by atoms with Gasteiger partial charge in [-0.1, -0.05) is 12.1 Å². The topological polar surface area (TPSA) is 76.7 Å². The van der Waals surface area contributed by atoms with Gasteiger partial charge in [0.05, 0.1) is 11.2 Å². The Labute approximate surface area is 118 Å². The maximum Gasteiger partial charge on any atom is 0.229 e. The van der Waals surface area contributed by atoms with Crippen molar-refractivity contribution in [2.75, 3.05) is 11.1 Å². The van der Waals surface area contributed by atoms with E-state index in [0.717, 1.165) is 21.1 Å². The van der Waals surface area contributed by atoms with Crippen LogP contribution < -0.4 is 11.1 Å². The van der Waals surface area contributed by atoms with Crippen molar-refractivity contribution in [2.24, 2.45) is 0 Å². The fraction of sp³-hybridized carbons (Fsp3) is 0.